The summed E-state index contributed by atoms with van der Waals surface area (Å²) in [4.78, 5) is 15.5. The van der Waals surface area contributed by atoms with Crippen molar-refractivity contribution in [2.45, 2.75) is 31.4 Å². The van der Waals surface area contributed by atoms with Crippen molar-refractivity contribution in [2.24, 2.45) is 0 Å². The van der Waals surface area contributed by atoms with E-state index >= 15 is 0 Å². The quantitative estimate of drug-likeness (QED) is 0.578. The molecule has 0 aliphatic carbocycles. The fourth-order valence-electron chi connectivity index (χ4n) is 1.52. The van der Waals surface area contributed by atoms with Gasteiger partial charge < -0.3 is 4.42 Å². The maximum atomic E-state index is 11.1. The zero-order valence-electron chi connectivity index (χ0n) is 9.81. The number of thioether (sulfide) groups is 1. The fraction of sp³-hybridized carbons (Fsp3) is 0.385. The van der Waals surface area contributed by atoms with Gasteiger partial charge in [0, 0.05) is 18.6 Å². The van der Waals surface area contributed by atoms with Crippen molar-refractivity contribution in [3.8, 4) is 0 Å². The first-order valence-corrected chi connectivity index (χ1v) is 6.78. The number of hydrogen-bond acceptors (Lipinski definition) is 4. The number of nitrogens with zero attached hydrogens (tertiary/aromatic N) is 1. The summed E-state index contributed by atoms with van der Waals surface area (Å²) < 4.78 is 5.57. The van der Waals surface area contributed by atoms with Crippen molar-refractivity contribution < 1.29 is 9.21 Å². The Hall–Kier alpha value is -1.29. The van der Waals surface area contributed by atoms with Crippen LogP contribution in [0.25, 0.3) is 11.1 Å². The summed E-state index contributed by atoms with van der Waals surface area (Å²) in [5.74, 6) is 1.20. The van der Waals surface area contributed by atoms with Crippen molar-refractivity contribution in [2.75, 3.05) is 5.75 Å². The number of hydrogen-bond donors (Lipinski definition) is 0. The molecule has 1 heterocycles. The first kappa shape index (κ1) is 12.2. The number of carbonyl (C=O) groups is 1. The van der Waals surface area contributed by atoms with Crippen molar-refractivity contribution >= 4 is 28.6 Å². The van der Waals surface area contributed by atoms with E-state index in [9.17, 15) is 4.79 Å². The highest BCUT2D eigenvalue weighted by Gasteiger charge is 2.05. The minimum absolute atomic E-state index is 0.322. The van der Waals surface area contributed by atoms with Gasteiger partial charge in [-0.1, -0.05) is 30.8 Å². The maximum absolute atomic E-state index is 11.1. The smallest absolute Gasteiger partial charge is 0.256 e. The molecule has 0 bridgehead atoms. The van der Waals surface area contributed by atoms with Crippen molar-refractivity contribution in [3.05, 3.63) is 24.3 Å². The van der Waals surface area contributed by atoms with E-state index in [4.69, 9.17) is 4.42 Å². The molecular weight excluding hydrogens is 234 g/mol. The SMILES string of the molecule is CCC(=O)CCCSc1nc2ccccc2o1. The molecule has 0 unspecified atom stereocenters. The molecule has 0 saturated heterocycles. The molecule has 1 aromatic carbocycles. The molecule has 3 nitrogen and oxygen atoms in total. The fourth-order valence-corrected chi connectivity index (χ4v) is 2.29. The van der Waals surface area contributed by atoms with E-state index in [1.54, 1.807) is 11.8 Å². The van der Waals surface area contributed by atoms with Crippen molar-refractivity contribution in [3.63, 3.8) is 0 Å². The Balaban J connectivity index is 1.85. The zero-order chi connectivity index (χ0) is 12.1. The molecular formula is C13H15NO2S. The summed E-state index contributed by atoms with van der Waals surface area (Å²) in [7, 11) is 0. The molecule has 2 rings (SSSR count). The third kappa shape index (κ3) is 3.33. The molecule has 0 radical (unpaired) electrons. The monoisotopic (exact) mass is 249 g/mol. The summed E-state index contributed by atoms with van der Waals surface area (Å²) in [6, 6.07) is 7.72. The molecule has 0 fully saturated rings. The number of oxazole rings is 1. The summed E-state index contributed by atoms with van der Waals surface area (Å²) >= 11 is 1.57. The molecule has 0 atom stereocenters. The lowest BCUT2D eigenvalue weighted by Crippen LogP contribution is -1.95. The van der Waals surface area contributed by atoms with Crippen LogP contribution < -0.4 is 0 Å². The van der Waals surface area contributed by atoms with Gasteiger partial charge in [0.1, 0.15) is 11.3 Å². The lowest BCUT2D eigenvalue weighted by atomic mass is 10.2. The minimum Gasteiger partial charge on any atom is -0.431 e. The van der Waals surface area contributed by atoms with E-state index in [0.29, 0.717) is 23.8 Å². The predicted molar refractivity (Wildman–Crippen MR) is 69.3 cm³/mol. The van der Waals surface area contributed by atoms with E-state index in [0.717, 1.165) is 23.3 Å². The van der Waals surface area contributed by atoms with Crippen LogP contribution in [0.15, 0.2) is 33.9 Å². The number of benzene rings is 1. The van der Waals surface area contributed by atoms with Crippen LogP contribution in [0.2, 0.25) is 0 Å². The molecule has 0 spiro atoms. The standard InChI is InChI=1S/C13H15NO2S/c1-2-10(15)6-5-9-17-13-14-11-7-3-4-8-12(11)16-13/h3-4,7-8H,2,5-6,9H2,1H3. The van der Waals surface area contributed by atoms with Gasteiger partial charge in [-0.3, -0.25) is 4.79 Å². The Morgan fingerprint density at radius 2 is 2.24 bits per heavy atom. The Bertz CT molecular complexity index is 474. The summed E-state index contributed by atoms with van der Waals surface area (Å²) in [5.41, 5.74) is 1.71. The van der Waals surface area contributed by atoms with E-state index in [1.807, 2.05) is 31.2 Å². The van der Waals surface area contributed by atoms with E-state index in [2.05, 4.69) is 4.98 Å². The second kappa shape index (κ2) is 5.87. The number of Topliss-reactive ketones (excluding diaryl/α,β-unsaturated/α-hetero) is 1. The summed E-state index contributed by atoms with van der Waals surface area (Å²) in [6.45, 7) is 1.90. The van der Waals surface area contributed by atoms with Gasteiger partial charge in [-0.05, 0) is 18.6 Å². The van der Waals surface area contributed by atoms with Gasteiger partial charge in [-0.15, -0.1) is 0 Å². The first-order valence-electron chi connectivity index (χ1n) is 5.79. The average Bonchev–Trinajstić information content (AvgIpc) is 2.76. The summed E-state index contributed by atoms with van der Waals surface area (Å²) in [5, 5.41) is 0.690. The lowest BCUT2D eigenvalue weighted by molar-refractivity contribution is -0.118. The molecule has 0 saturated carbocycles. The van der Waals surface area contributed by atoms with E-state index in [1.165, 1.54) is 0 Å². The molecule has 4 heteroatoms. The van der Waals surface area contributed by atoms with E-state index in [-0.39, 0.29) is 0 Å². The molecule has 90 valence electrons. The van der Waals surface area contributed by atoms with Crippen LogP contribution >= 0.6 is 11.8 Å². The second-order valence-electron chi connectivity index (χ2n) is 3.79. The zero-order valence-corrected chi connectivity index (χ0v) is 10.6. The largest absolute Gasteiger partial charge is 0.431 e. The second-order valence-corrected chi connectivity index (χ2v) is 4.84. The van der Waals surface area contributed by atoms with Gasteiger partial charge >= 0.3 is 0 Å². The highest BCUT2D eigenvalue weighted by molar-refractivity contribution is 7.99. The number of ketones is 1. The number of fused-ring (bicyclic) bond motifs is 1. The van der Waals surface area contributed by atoms with Gasteiger partial charge in [0.2, 0.25) is 0 Å². The van der Waals surface area contributed by atoms with Crippen LogP contribution in [0.4, 0.5) is 0 Å². The molecule has 17 heavy (non-hydrogen) atoms. The molecule has 0 N–H and O–H groups in total. The Labute approximate surface area is 105 Å². The Kier molecular flexibility index (Phi) is 4.20. The van der Waals surface area contributed by atoms with Crippen LogP contribution in [-0.4, -0.2) is 16.5 Å². The Morgan fingerprint density at radius 3 is 3.00 bits per heavy atom. The van der Waals surface area contributed by atoms with E-state index < -0.39 is 0 Å². The number of rotatable bonds is 6. The maximum Gasteiger partial charge on any atom is 0.256 e. The highest BCUT2D eigenvalue weighted by atomic mass is 32.2. The molecule has 0 aliphatic heterocycles. The van der Waals surface area contributed by atoms with Gasteiger partial charge in [0.25, 0.3) is 5.22 Å². The summed E-state index contributed by atoms with van der Waals surface area (Å²) in [6.07, 6.45) is 2.17. The van der Waals surface area contributed by atoms with Gasteiger partial charge in [-0.2, -0.15) is 0 Å². The molecule has 0 aliphatic rings. The first-order chi connectivity index (χ1) is 8.29. The van der Waals surface area contributed by atoms with Gasteiger partial charge in [0.05, 0.1) is 0 Å². The van der Waals surface area contributed by atoms with Crippen molar-refractivity contribution in [1.82, 2.24) is 4.98 Å². The normalized spacial score (nSPS) is 10.9. The predicted octanol–water partition coefficient (Wildman–Crippen LogP) is 3.68. The van der Waals surface area contributed by atoms with Gasteiger partial charge in [-0.25, -0.2) is 4.98 Å². The Morgan fingerprint density at radius 1 is 1.41 bits per heavy atom. The highest BCUT2D eigenvalue weighted by Crippen LogP contribution is 2.23. The lowest BCUT2D eigenvalue weighted by Gasteiger charge is -1.96. The number of carbonyl (C=O) groups excluding carboxylic acids is 1. The van der Waals surface area contributed by atoms with Crippen LogP contribution in [0.1, 0.15) is 26.2 Å². The van der Waals surface area contributed by atoms with Crippen LogP contribution in [0, 0.1) is 0 Å². The number of aromatic nitrogens is 1. The number of para-hydroxylation sites is 2. The average molecular weight is 249 g/mol. The molecule has 2 aromatic rings. The third-order valence-electron chi connectivity index (χ3n) is 2.49. The topological polar surface area (TPSA) is 43.1 Å². The van der Waals surface area contributed by atoms with Crippen LogP contribution in [-0.2, 0) is 4.79 Å². The van der Waals surface area contributed by atoms with Crippen molar-refractivity contribution in [1.29, 1.82) is 0 Å². The minimum atomic E-state index is 0.322. The van der Waals surface area contributed by atoms with Crippen LogP contribution in [0.3, 0.4) is 0 Å². The molecule has 0 amide bonds. The van der Waals surface area contributed by atoms with Gasteiger partial charge in [0.15, 0.2) is 5.58 Å². The molecule has 1 aromatic heterocycles. The third-order valence-corrected chi connectivity index (χ3v) is 3.41. The van der Waals surface area contributed by atoms with Crippen LogP contribution in [0.5, 0.6) is 0 Å².